The highest BCUT2D eigenvalue weighted by molar-refractivity contribution is 6.35. The molecule has 8 heteroatoms. The number of benzene rings is 1. The molecular formula is C25H34Cl2N4O2. The minimum atomic E-state index is -0.0382. The van der Waals surface area contributed by atoms with Gasteiger partial charge in [-0.1, -0.05) is 49.2 Å². The molecule has 0 saturated carbocycles. The maximum absolute atomic E-state index is 12.4. The van der Waals surface area contributed by atoms with Crippen LogP contribution in [-0.4, -0.2) is 52.9 Å². The van der Waals surface area contributed by atoms with Crippen LogP contribution in [0.5, 0.6) is 5.88 Å². The summed E-state index contributed by atoms with van der Waals surface area (Å²) in [5.41, 5.74) is 2.34. The summed E-state index contributed by atoms with van der Waals surface area (Å²) in [6, 6.07) is 7.20. The third kappa shape index (κ3) is 8.54. The van der Waals surface area contributed by atoms with Crippen molar-refractivity contribution in [3.8, 4) is 17.1 Å². The second-order valence-electron chi connectivity index (χ2n) is 7.82. The zero-order valence-electron chi connectivity index (χ0n) is 20.1. The van der Waals surface area contributed by atoms with E-state index in [1.165, 1.54) is 0 Å². The molecule has 0 radical (unpaired) electrons. The van der Waals surface area contributed by atoms with Gasteiger partial charge in [-0.25, -0.2) is 4.68 Å². The van der Waals surface area contributed by atoms with Crippen molar-refractivity contribution in [2.24, 2.45) is 0 Å². The Balaban J connectivity index is 2.11. The number of nitrogens with zero attached hydrogens (tertiary/aromatic N) is 3. The molecule has 0 bridgehead atoms. The highest BCUT2D eigenvalue weighted by atomic mass is 35.5. The number of likely N-dealkylation sites (N-methyl/N-ethyl adjacent to an activating group) is 1. The number of aromatic nitrogens is 2. The Morgan fingerprint density at radius 2 is 1.88 bits per heavy atom. The molecule has 1 amide bonds. The molecule has 0 saturated heterocycles. The molecule has 0 spiro atoms. The van der Waals surface area contributed by atoms with Crippen LogP contribution in [0.1, 0.15) is 41.0 Å². The number of rotatable bonds is 12. The number of ether oxygens (including phenoxy) is 1. The molecule has 1 atom stereocenters. The molecule has 1 unspecified atom stereocenters. The van der Waals surface area contributed by atoms with E-state index in [9.17, 15) is 4.79 Å². The molecule has 2 rings (SSSR count). The lowest BCUT2D eigenvalue weighted by Gasteiger charge is -2.23. The van der Waals surface area contributed by atoms with Gasteiger partial charge in [0.1, 0.15) is 0 Å². The molecule has 1 aromatic heterocycles. The van der Waals surface area contributed by atoms with Gasteiger partial charge in [-0.15, -0.1) is 0 Å². The topological polar surface area (TPSA) is 59.4 Å². The van der Waals surface area contributed by atoms with E-state index in [1.54, 1.807) is 22.9 Å². The normalized spacial score (nSPS) is 13.0. The van der Waals surface area contributed by atoms with Gasteiger partial charge < -0.3 is 15.0 Å². The predicted molar refractivity (Wildman–Crippen MR) is 138 cm³/mol. The van der Waals surface area contributed by atoms with Crippen LogP contribution >= 0.6 is 23.2 Å². The highest BCUT2D eigenvalue weighted by Crippen LogP contribution is 2.30. The number of halogens is 2. The fourth-order valence-corrected chi connectivity index (χ4v) is 3.90. The van der Waals surface area contributed by atoms with Crippen LogP contribution in [0.2, 0.25) is 10.0 Å². The van der Waals surface area contributed by atoms with Gasteiger partial charge in [0.15, 0.2) is 0 Å². The smallest absolute Gasteiger partial charge is 0.223 e. The Bertz CT molecular complexity index is 961. The minimum absolute atomic E-state index is 0.0382. The molecule has 6 nitrogen and oxygen atoms in total. The van der Waals surface area contributed by atoms with Gasteiger partial charge in [0, 0.05) is 40.0 Å². The van der Waals surface area contributed by atoms with Gasteiger partial charge in [0.05, 0.1) is 18.7 Å². The van der Waals surface area contributed by atoms with Crippen LogP contribution in [0, 0.1) is 0 Å². The van der Waals surface area contributed by atoms with Crippen molar-refractivity contribution in [3.63, 3.8) is 0 Å². The molecule has 1 heterocycles. The molecule has 0 aliphatic carbocycles. The molecule has 33 heavy (non-hydrogen) atoms. The molecule has 1 aromatic carbocycles. The zero-order chi connectivity index (χ0) is 24.4. The first-order valence-electron chi connectivity index (χ1n) is 11.3. The summed E-state index contributed by atoms with van der Waals surface area (Å²) in [7, 11) is 0. The Hall–Kier alpha value is -2.28. The van der Waals surface area contributed by atoms with E-state index in [1.807, 2.05) is 45.1 Å². The third-order valence-corrected chi connectivity index (χ3v) is 5.55. The largest absolute Gasteiger partial charge is 0.477 e. The second-order valence-corrected chi connectivity index (χ2v) is 8.70. The number of carbonyl (C=O) groups is 1. The Kier molecular flexibility index (Phi) is 11.0. The van der Waals surface area contributed by atoms with Crippen LogP contribution in [-0.2, 0) is 4.79 Å². The molecule has 0 aliphatic rings. The molecular weight excluding hydrogens is 459 g/mol. The van der Waals surface area contributed by atoms with Crippen LogP contribution in [0.25, 0.3) is 17.0 Å². The summed E-state index contributed by atoms with van der Waals surface area (Å²) in [4.78, 5) is 14.7. The quantitative estimate of drug-likeness (QED) is 0.374. The summed E-state index contributed by atoms with van der Waals surface area (Å²) in [5.74, 6) is 0.507. The number of hydrogen-bond donors (Lipinski definition) is 1. The number of carbonyl (C=O) groups excluding carboxylic acids is 1. The van der Waals surface area contributed by atoms with Crippen molar-refractivity contribution < 1.29 is 9.53 Å². The van der Waals surface area contributed by atoms with Crippen molar-refractivity contribution in [1.82, 2.24) is 20.0 Å². The fraction of sp³-hybridized carbons (Fsp3) is 0.440. The van der Waals surface area contributed by atoms with Gasteiger partial charge >= 0.3 is 0 Å². The van der Waals surface area contributed by atoms with E-state index in [0.717, 1.165) is 30.9 Å². The first kappa shape index (κ1) is 27.0. The van der Waals surface area contributed by atoms with Gasteiger partial charge in [-0.2, -0.15) is 5.10 Å². The zero-order valence-corrected chi connectivity index (χ0v) is 21.6. The van der Waals surface area contributed by atoms with E-state index in [0.29, 0.717) is 21.6 Å². The van der Waals surface area contributed by atoms with Gasteiger partial charge in [-0.05, 0) is 58.1 Å². The maximum Gasteiger partial charge on any atom is 0.223 e. The third-order valence-electron chi connectivity index (χ3n) is 5.11. The molecule has 1 N–H and O–H groups in total. The highest BCUT2D eigenvalue weighted by Gasteiger charge is 2.15. The van der Waals surface area contributed by atoms with Gasteiger partial charge in [0.25, 0.3) is 0 Å². The lowest BCUT2D eigenvalue weighted by molar-refractivity contribution is -0.122. The van der Waals surface area contributed by atoms with Crippen LogP contribution in [0.3, 0.4) is 0 Å². The number of nitrogens with one attached hydrogen (secondary N) is 1. The number of allylic oxidation sites excluding steroid dienone is 4. The van der Waals surface area contributed by atoms with Crippen LogP contribution < -0.4 is 10.1 Å². The molecule has 0 aliphatic heterocycles. The van der Waals surface area contributed by atoms with Crippen LogP contribution in [0.4, 0.5) is 0 Å². The first-order valence-corrected chi connectivity index (χ1v) is 12.0. The predicted octanol–water partition coefficient (Wildman–Crippen LogP) is 5.91. The van der Waals surface area contributed by atoms with Crippen molar-refractivity contribution in [2.75, 3.05) is 26.2 Å². The van der Waals surface area contributed by atoms with Crippen molar-refractivity contribution in [2.45, 2.75) is 47.1 Å². The van der Waals surface area contributed by atoms with E-state index < -0.39 is 0 Å². The standard InChI is InChI=1S/C25H34Cl2N4O2/c1-6-9-10-19(5)31-25(16-23(29-31)20-13-21(26)15-22(27)14-20)33-12-11-24(32)28-18(4)17-30(7-2)8-3/h6,9-10,13-16,18H,7-8,11-12,17H2,1-5H3,(H,28,32)/b9-6+,19-10+. The fourth-order valence-electron chi connectivity index (χ4n) is 3.38. The first-order chi connectivity index (χ1) is 15.8. The average molecular weight is 493 g/mol. The number of amides is 1. The second kappa shape index (κ2) is 13.4. The Morgan fingerprint density at radius 3 is 2.48 bits per heavy atom. The van der Waals surface area contributed by atoms with Crippen molar-refractivity contribution in [1.29, 1.82) is 0 Å². The van der Waals surface area contributed by atoms with Gasteiger partial charge in [-0.3, -0.25) is 4.79 Å². The molecule has 0 fully saturated rings. The van der Waals surface area contributed by atoms with E-state index in [2.05, 4.69) is 29.2 Å². The minimum Gasteiger partial charge on any atom is -0.477 e. The Labute approximate surface area is 207 Å². The SMILES string of the molecule is C/C=C/C=C(\C)n1nc(-c2cc(Cl)cc(Cl)c2)cc1OCCC(=O)NC(C)CN(CC)CC. The lowest BCUT2D eigenvalue weighted by Crippen LogP contribution is -2.42. The van der Waals surface area contributed by atoms with E-state index in [4.69, 9.17) is 27.9 Å². The number of hydrogen-bond acceptors (Lipinski definition) is 4. The summed E-state index contributed by atoms with van der Waals surface area (Å²) in [6.07, 6.45) is 6.07. The summed E-state index contributed by atoms with van der Waals surface area (Å²) >= 11 is 12.3. The summed E-state index contributed by atoms with van der Waals surface area (Å²) in [5, 5.41) is 8.79. The lowest BCUT2D eigenvalue weighted by atomic mass is 10.1. The monoisotopic (exact) mass is 492 g/mol. The van der Waals surface area contributed by atoms with Crippen LogP contribution in [0.15, 0.2) is 42.5 Å². The average Bonchev–Trinajstić information content (AvgIpc) is 3.19. The van der Waals surface area contributed by atoms with E-state index in [-0.39, 0.29) is 25.0 Å². The maximum atomic E-state index is 12.4. The molecule has 2 aromatic rings. The summed E-state index contributed by atoms with van der Waals surface area (Å²) < 4.78 is 7.69. The van der Waals surface area contributed by atoms with Crippen molar-refractivity contribution in [3.05, 3.63) is 52.5 Å². The van der Waals surface area contributed by atoms with Crippen molar-refractivity contribution >= 4 is 34.8 Å². The molecule has 180 valence electrons. The van der Waals surface area contributed by atoms with Gasteiger partial charge in [0.2, 0.25) is 11.8 Å². The Morgan fingerprint density at radius 1 is 1.21 bits per heavy atom. The summed E-state index contributed by atoms with van der Waals surface area (Å²) in [6.45, 7) is 13.1. The van der Waals surface area contributed by atoms with E-state index >= 15 is 0 Å².